The Morgan fingerprint density at radius 1 is 1.47 bits per heavy atom. The molecular weight excluding hydrogens is 188 g/mol. The topological polar surface area (TPSA) is 55.9 Å². The molecule has 0 aromatic carbocycles. The molecule has 0 saturated carbocycles. The second-order valence-electron chi connectivity index (χ2n) is 4.07. The number of nitrogens with two attached hydrogens (primary N) is 1. The van der Waals surface area contributed by atoms with Gasteiger partial charge in [-0.15, -0.1) is 0 Å². The molecule has 4 nitrogen and oxygen atoms in total. The van der Waals surface area contributed by atoms with Gasteiger partial charge in [-0.3, -0.25) is 16.0 Å². The summed E-state index contributed by atoms with van der Waals surface area (Å²) in [5.74, 6) is 5.61. The Labute approximate surface area is 91.8 Å². The molecule has 3 N–H and O–H groups in total. The minimum absolute atomic E-state index is 0.235. The van der Waals surface area contributed by atoms with E-state index in [0.29, 0.717) is 0 Å². The van der Waals surface area contributed by atoms with E-state index in [1.54, 1.807) is 0 Å². The highest BCUT2D eigenvalue weighted by molar-refractivity contribution is 5.27. The van der Waals surface area contributed by atoms with Crippen molar-refractivity contribution < 1.29 is 0 Å². The van der Waals surface area contributed by atoms with Crippen LogP contribution >= 0.6 is 0 Å². The summed E-state index contributed by atoms with van der Waals surface area (Å²) >= 11 is 0. The molecule has 0 radical (unpaired) electrons. The zero-order chi connectivity index (χ0) is 11.4. The lowest BCUT2D eigenvalue weighted by Crippen LogP contribution is -2.28. The lowest BCUT2D eigenvalue weighted by molar-refractivity contribution is 0.491. The van der Waals surface area contributed by atoms with Gasteiger partial charge in [-0.05, 0) is 20.3 Å². The molecule has 0 fully saturated rings. The molecule has 1 unspecified atom stereocenters. The van der Waals surface area contributed by atoms with E-state index in [-0.39, 0.29) is 6.04 Å². The van der Waals surface area contributed by atoms with Crippen molar-refractivity contribution in [2.45, 2.75) is 46.1 Å². The average molecular weight is 210 g/mol. The van der Waals surface area contributed by atoms with Crippen LogP contribution < -0.4 is 11.3 Å². The van der Waals surface area contributed by atoms with E-state index >= 15 is 0 Å². The van der Waals surface area contributed by atoms with E-state index in [1.807, 2.05) is 18.7 Å². The first-order valence-electron chi connectivity index (χ1n) is 5.58. The molecule has 0 aliphatic carbocycles. The quantitative estimate of drug-likeness (QED) is 0.575. The number of unbranched alkanes of at least 4 members (excludes halogenated alkanes) is 1. The van der Waals surface area contributed by atoms with Gasteiger partial charge in [0.2, 0.25) is 0 Å². The van der Waals surface area contributed by atoms with Gasteiger partial charge in [-0.2, -0.15) is 5.10 Å². The monoisotopic (exact) mass is 210 g/mol. The fourth-order valence-corrected chi connectivity index (χ4v) is 2.01. The number of nitrogens with zero attached hydrogens (tertiary/aromatic N) is 2. The van der Waals surface area contributed by atoms with Crippen molar-refractivity contribution in [2.75, 3.05) is 0 Å². The summed E-state index contributed by atoms with van der Waals surface area (Å²) in [6.07, 6.45) is 3.44. The maximum absolute atomic E-state index is 5.61. The molecule has 1 aromatic heterocycles. The number of rotatable bonds is 5. The molecule has 1 aromatic rings. The maximum atomic E-state index is 5.61. The van der Waals surface area contributed by atoms with Crippen LogP contribution in [-0.2, 0) is 7.05 Å². The van der Waals surface area contributed by atoms with Crippen molar-refractivity contribution >= 4 is 0 Å². The van der Waals surface area contributed by atoms with Gasteiger partial charge in [-0.25, -0.2) is 0 Å². The lowest BCUT2D eigenvalue weighted by atomic mass is 10.00. The van der Waals surface area contributed by atoms with Gasteiger partial charge in [0.15, 0.2) is 0 Å². The molecule has 1 atom stereocenters. The zero-order valence-corrected chi connectivity index (χ0v) is 10.2. The summed E-state index contributed by atoms with van der Waals surface area (Å²) in [5, 5.41) is 4.41. The maximum Gasteiger partial charge on any atom is 0.0644 e. The van der Waals surface area contributed by atoms with Crippen LogP contribution in [0.5, 0.6) is 0 Å². The largest absolute Gasteiger partial charge is 0.272 e. The molecule has 0 aliphatic heterocycles. The Bertz CT molecular complexity index is 317. The highest BCUT2D eigenvalue weighted by atomic mass is 15.3. The van der Waals surface area contributed by atoms with E-state index in [1.165, 1.54) is 24.1 Å². The van der Waals surface area contributed by atoms with Crippen LogP contribution in [0.2, 0.25) is 0 Å². The van der Waals surface area contributed by atoms with E-state index < -0.39 is 0 Å². The standard InChI is InChI=1S/C11H22N4/c1-5-6-7-10(13-12)11-8(2)14-15(4)9(11)3/h10,13H,5-7,12H2,1-4H3. The van der Waals surface area contributed by atoms with Gasteiger partial charge in [-0.1, -0.05) is 19.8 Å². The highest BCUT2D eigenvalue weighted by Crippen LogP contribution is 2.24. The molecule has 1 rings (SSSR count). The summed E-state index contributed by atoms with van der Waals surface area (Å²) in [6, 6.07) is 0.235. The number of hydrazine groups is 1. The van der Waals surface area contributed by atoms with Crippen molar-refractivity contribution in [3.05, 3.63) is 17.0 Å². The number of hydrogen-bond acceptors (Lipinski definition) is 3. The Morgan fingerprint density at radius 2 is 2.13 bits per heavy atom. The normalized spacial score (nSPS) is 13.1. The van der Waals surface area contributed by atoms with Crippen LogP contribution in [0, 0.1) is 13.8 Å². The van der Waals surface area contributed by atoms with Crippen LogP contribution in [0.25, 0.3) is 0 Å². The fraction of sp³-hybridized carbons (Fsp3) is 0.727. The van der Waals surface area contributed by atoms with Crippen LogP contribution in [0.3, 0.4) is 0 Å². The van der Waals surface area contributed by atoms with E-state index in [0.717, 1.165) is 12.1 Å². The van der Waals surface area contributed by atoms with E-state index in [2.05, 4.69) is 24.4 Å². The van der Waals surface area contributed by atoms with Gasteiger partial charge in [0, 0.05) is 24.3 Å². The van der Waals surface area contributed by atoms with Crippen molar-refractivity contribution in [1.29, 1.82) is 0 Å². The molecule has 0 saturated heterocycles. The van der Waals surface area contributed by atoms with Crippen LogP contribution in [0.1, 0.15) is 49.2 Å². The second kappa shape index (κ2) is 5.28. The third-order valence-corrected chi connectivity index (χ3v) is 2.96. The number of nitrogens with one attached hydrogen (secondary N) is 1. The first kappa shape index (κ1) is 12.2. The van der Waals surface area contributed by atoms with Gasteiger partial charge in [0.1, 0.15) is 0 Å². The smallest absolute Gasteiger partial charge is 0.0644 e. The molecule has 0 aliphatic rings. The average Bonchev–Trinajstić information content (AvgIpc) is 2.45. The third-order valence-electron chi connectivity index (χ3n) is 2.96. The Kier molecular flexibility index (Phi) is 4.29. The molecular formula is C11H22N4. The molecule has 86 valence electrons. The van der Waals surface area contributed by atoms with Crippen LogP contribution in [0.15, 0.2) is 0 Å². The lowest BCUT2D eigenvalue weighted by Gasteiger charge is -2.16. The van der Waals surface area contributed by atoms with Gasteiger partial charge in [0.25, 0.3) is 0 Å². The molecule has 15 heavy (non-hydrogen) atoms. The number of aryl methyl sites for hydroxylation is 2. The fourth-order valence-electron chi connectivity index (χ4n) is 2.01. The molecule has 4 heteroatoms. The van der Waals surface area contributed by atoms with Gasteiger partial charge < -0.3 is 0 Å². The summed E-state index contributed by atoms with van der Waals surface area (Å²) in [7, 11) is 1.97. The van der Waals surface area contributed by atoms with E-state index in [4.69, 9.17) is 5.84 Å². The summed E-state index contributed by atoms with van der Waals surface area (Å²) in [6.45, 7) is 6.32. The Balaban J connectivity index is 2.90. The Morgan fingerprint density at radius 3 is 2.53 bits per heavy atom. The van der Waals surface area contributed by atoms with Gasteiger partial charge >= 0.3 is 0 Å². The van der Waals surface area contributed by atoms with Crippen molar-refractivity contribution in [3.8, 4) is 0 Å². The third kappa shape index (κ3) is 2.58. The van der Waals surface area contributed by atoms with Crippen LogP contribution in [-0.4, -0.2) is 9.78 Å². The SMILES string of the molecule is CCCCC(NN)c1c(C)nn(C)c1C. The van der Waals surface area contributed by atoms with E-state index in [9.17, 15) is 0 Å². The zero-order valence-electron chi connectivity index (χ0n) is 10.2. The summed E-state index contributed by atoms with van der Waals surface area (Å²) in [4.78, 5) is 0. The van der Waals surface area contributed by atoms with Crippen molar-refractivity contribution in [3.63, 3.8) is 0 Å². The molecule has 1 heterocycles. The molecule has 0 amide bonds. The van der Waals surface area contributed by atoms with Crippen LogP contribution in [0.4, 0.5) is 0 Å². The Hall–Kier alpha value is -0.870. The number of hydrogen-bond donors (Lipinski definition) is 2. The van der Waals surface area contributed by atoms with Crippen molar-refractivity contribution in [2.24, 2.45) is 12.9 Å². The highest BCUT2D eigenvalue weighted by Gasteiger charge is 2.18. The minimum atomic E-state index is 0.235. The first-order valence-corrected chi connectivity index (χ1v) is 5.58. The minimum Gasteiger partial charge on any atom is -0.272 e. The molecule has 0 spiro atoms. The first-order chi connectivity index (χ1) is 7.11. The predicted octanol–water partition coefficient (Wildman–Crippen LogP) is 1.73. The van der Waals surface area contributed by atoms with Crippen molar-refractivity contribution in [1.82, 2.24) is 15.2 Å². The summed E-state index contributed by atoms with van der Waals surface area (Å²) in [5.41, 5.74) is 6.43. The predicted molar refractivity (Wildman–Crippen MR) is 62.3 cm³/mol. The summed E-state index contributed by atoms with van der Waals surface area (Å²) < 4.78 is 1.92. The number of aromatic nitrogens is 2. The van der Waals surface area contributed by atoms with Gasteiger partial charge in [0.05, 0.1) is 5.69 Å². The second-order valence-corrected chi connectivity index (χ2v) is 4.07. The molecule has 0 bridgehead atoms.